The van der Waals surface area contributed by atoms with Crippen molar-refractivity contribution in [2.24, 2.45) is 5.92 Å². The summed E-state index contributed by atoms with van der Waals surface area (Å²) in [7, 11) is 0. The summed E-state index contributed by atoms with van der Waals surface area (Å²) in [5.74, 6) is -1.15. The summed E-state index contributed by atoms with van der Waals surface area (Å²) < 4.78 is 4.98. The molecule has 8 nitrogen and oxygen atoms in total. The van der Waals surface area contributed by atoms with Crippen LogP contribution < -0.4 is 10.6 Å². The van der Waals surface area contributed by atoms with Crippen LogP contribution in [0.15, 0.2) is 18.2 Å². The molecule has 2 N–H and O–H groups in total. The van der Waals surface area contributed by atoms with Crippen molar-refractivity contribution >= 4 is 29.5 Å². The van der Waals surface area contributed by atoms with Crippen molar-refractivity contribution in [1.29, 1.82) is 0 Å². The molecule has 0 aromatic heterocycles. The molecule has 2 aliphatic rings. The molecule has 0 atom stereocenters. The molecule has 2 fully saturated rings. The zero-order valence-electron chi connectivity index (χ0n) is 17.0. The lowest BCUT2D eigenvalue weighted by atomic mass is 9.77. The molecule has 1 aliphatic heterocycles. The molecule has 1 heterocycles. The van der Waals surface area contributed by atoms with Gasteiger partial charge < -0.3 is 15.4 Å². The Labute approximate surface area is 170 Å². The number of imide groups is 1. The lowest BCUT2D eigenvalue weighted by molar-refractivity contribution is -0.150. The standard InChI is InChI=1S/C21H27N3O5/c1-13-7-9-21(10-8-13)19(27)24(20(28)23-21)11-17(26)29-12-16(25)22-18-14(2)5-4-6-15(18)3/h4-6,13H,7-12H2,1-3H3,(H,22,25)(H,23,28). The fourth-order valence-corrected chi connectivity index (χ4v) is 3.92. The van der Waals surface area contributed by atoms with Crippen molar-refractivity contribution in [2.75, 3.05) is 18.5 Å². The summed E-state index contributed by atoms with van der Waals surface area (Å²) in [5.41, 5.74) is 1.58. The van der Waals surface area contributed by atoms with E-state index in [0.717, 1.165) is 28.9 Å². The topological polar surface area (TPSA) is 105 Å². The van der Waals surface area contributed by atoms with Gasteiger partial charge in [-0.1, -0.05) is 25.1 Å². The molecule has 156 valence electrons. The third kappa shape index (κ3) is 4.41. The van der Waals surface area contributed by atoms with Crippen LogP contribution in [0, 0.1) is 19.8 Å². The van der Waals surface area contributed by atoms with Crippen molar-refractivity contribution in [3.05, 3.63) is 29.3 Å². The largest absolute Gasteiger partial charge is 0.454 e. The first-order chi connectivity index (χ1) is 13.7. The van der Waals surface area contributed by atoms with Gasteiger partial charge in [0.2, 0.25) is 0 Å². The average Bonchev–Trinajstić information content (AvgIpc) is 2.90. The molecule has 29 heavy (non-hydrogen) atoms. The van der Waals surface area contributed by atoms with Gasteiger partial charge in [0.25, 0.3) is 11.8 Å². The maximum atomic E-state index is 12.7. The minimum Gasteiger partial charge on any atom is -0.454 e. The number of carbonyl (C=O) groups excluding carboxylic acids is 4. The monoisotopic (exact) mass is 401 g/mol. The number of nitrogens with zero attached hydrogens (tertiary/aromatic N) is 1. The highest BCUT2D eigenvalue weighted by atomic mass is 16.5. The first kappa shape index (κ1) is 20.8. The van der Waals surface area contributed by atoms with Gasteiger partial charge >= 0.3 is 12.0 Å². The van der Waals surface area contributed by atoms with Crippen LogP contribution in [0.5, 0.6) is 0 Å². The van der Waals surface area contributed by atoms with Crippen LogP contribution in [0.3, 0.4) is 0 Å². The van der Waals surface area contributed by atoms with Gasteiger partial charge in [0.05, 0.1) is 0 Å². The molecule has 1 saturated carbocycles. The van der Waals surface area contributed by atoms with Gasteiger partial charge in [-0.15, -0.1) is 0 Å². The van der Waals surface area contributed by atoms with Gasteiger partial charge in [-0.05, 0) is 56.6 Å². The maximum absolute atomic E-state index is 12.7. The smallest absolute Gasteiger partial charge is 0.326 e. The van der Waals surface area contributed by atoms with E-state index < -0.39 is 36.6 Å². The van der Waals surface area contributed by atoms with E-state index in [1.165, 1.54) is 0 Å². The Balaban J connectivity index is 1.52. The van der Waals surface area contributed by atoms with Gasteiger partial charge in [-0.25, -0.2) is 4.79 Å². The fourth-order valence-electron chi connectivity index (χ4n) is 3.92. The lowest BCUT2D eigenvalue weighted by Gasteiger charge is -2.33. The van der Waals surface area contributed by atoms with Crippen LogP contribution in [0.1, 0.15) is 43.7 Å². The number of anilines is 1. The van der Waals surface area contributed by atoms with Crippen LogP contribution in [0.25, 0.3) is 0 Å². The minimum atomic E-state index is -0.899. The molecule has 1 saturated heterocycles. The quantitative estimate of drug-likeness (QED) is 0.582. The predicted octanol–water partition coefficient (Wildman–Crippen LogP) is 2.29. The molecular formula is C21H27N3O5. The molecule has 0 radical (unpaired) electrons. The Bertz CT molecular complexity index is 822. The summed E-state index contributed by atoms with van der Waals surface area (Å²) in [6.07, 6.45) is 2.84. The Morgan fingerprint density at radius 1 is 1.21 bits per heavy atom. The number of ether oxygens (including phenoxy) is 1. The summed E-state index contributed by atoms with van der Waals surface area (Å²) in [6, 6.07) is 5.04. The van der Waals surface area contributed by atoms with Crippen molar-refractivity contribution in [1.82, 2.24) is 10.2 Å². The van der Waals surface area contributed by atoms with Crippen LogP contribution >= 0.6 is 0 Å². The van der Waals surface area contributed by atoms with Gasteiger partial charge in [0.1, 0.15) is 12.1 Å². The second-order valence-electron chi connectivity index (χ2n) is 8.06. The number of amides is 4. The number of rotatable bonds is 5. The van der Waals surface area contributed by atoms with Gasteiger partial charge in [-0.2, -0.15) is 0 Å². The minimum absolute atomic E-state index is 0.383. The van der Waals surface area contributed by atoms with E-state index in [2.05, 4.69) is 17.6 Å². The molecule has 1 aromatic carbocycles. The zero-order valence-corrected chi connectivity index (χ0v) is 17.0. The molecular weight excluding hydrogens is 374 g/mol. The fraction of sp³-hybridized carbons (Fsp3) is 0.524. The first-order valence-electron chi connectivity index (χ1n) is 9.87. The zero-order chi connectivity index (χ0) is 21.2. The summed E-state index contributed by atoms with van der Waals surface area (Å²) in [5, 5.41) is 5.48. The van der Waals surface area contributed by atoms with Crippen LogP contribution in [-0.4, -0.2) is 47.4 Å². The number of esters is 1. The summed E-state index contributed by atoms with van der Waals surface area (Å²) in [4.78, 5) is 50.1. The van der Waals surface area contributed by atoms with Crippen molar-refractivity contribution < 1.29 is 23.9 Å². The van der Waals surface area contributed by atoms with Crippen molar-refractivity contribution in [2.45, 2.75) is 52.0 Å². The maximum Gasteiger partial charge on any atom is 0.326 e. The SMILES string of the molecule is Cc1cccc(C)c1NC(=O)COC(=O)CN1C(=O)NC2(CCC(C)CC2)C1=O. The predicted molar refractivity (Wildman–Crippen MR) is 106 cm³/mol. The van der Waals surface area contributed by atoms with E-state index in [4.69, 9.17) is 4.74 Å². The van der Waals surface area contributed by atoms with Gasteiger partial charge in [0, 0.05) is 5.69 Å². The highest BCUT2D eigenvalue weighted by Crippen LogP contribution is 2.36. The number of benzene rings is 1. The summed E-state index contributed by atoms with van der Waals surface area (Å²) in [6.45, 7) is 4.87. The molecule has 0 bridgehead atoms. The van der Waals surface area contributed by atoms with E-state index >= 15 is 0 Å². The normalized spacial score (nSPS) is 23.8. The molecule has 4 amide bonds. The molecule has 0 unspecified atom stereocenters. The third-order valence-corrected chi connectivity index (χ3v) is 5.77. The Kier molecular flexibility index (Phi) is 5.91. The molecule has 1 spiro atoms. The molecule has 8 heteroatoms. The molecule has 1 aliphatic carbocycles. The van der Waals surface area contributed by atoms with E-state index in [1.54, 1.807) is 0 Å². The van der Waals surface area contributed by atoms with E-state index in [-0.39, 0.29) is 5.91 Å². The highest BCUT2D eigenvalue weighted by molar-refractivity contribution is 6.08. The molecule has 1 aromatic rings. The van der Waals surface area contributed by atoms with E-state index in [1.807, 2.05) is 32.0 Å². The van der Waals surface area contributed by atoms with Crippen LogP contribution in [0.2, 0.25) is 0 Å². The van der Waals surface area contributed by atoms with Crippen molar-refractivity contribution in [3.63, 3.8) is 0 Å². The van der Waals surface area contributed by atoms with Gasteiger partial charge in [0.15, 0.2) is 6.61 Å². The molecule has 3 rings (SSSR count). The Morgan fingerprint density at radius 2 is 1.83 bits per heavy atom. The Hall–Kier alpha value is -2.90. The summed E-state index contributed by atoms with van der Waals surface area (Å²) >= 11 is 0. The lowest BCUT2D eigenvalue weighted by Crippen LogP contribution is -2.49. The number of hydrogen-bond donors (Lipinski definition) is 2. The van der Waals surface area contributed by atoms with Crippen LogP contribution in [0.4, 0.5) is 10.5 Å². The average molecular weight is 401 g/mol. The third-order valence-electron chi connectivity index (χ3n) is 5.77. The van der Waals surface area contributed by atoms with E-state index in [9.17, 15) is 19.2 Å². The first-order valence-corrected chi connectivity index (χ1v) is 9.87. The number of carbonyl (C=O) groups is 4. The van der Waals surface area contributed by atoms with Gasteiger partial charge in [-0.3, -0.25) is 19.3 Å². The van der Waals surface area contributed by atoms with Crippen molar-refractivity contribution in [3.8, 4) is 0 Å². The second-order valence-corrected chi connectivity index (χ2v) is 8.06. The number of hydrogen-bond acceptors (Lipinski definition) is 5. The highest BCUT2D eigenvalue weighted by Gasteiger charge is 2.52. The number of urea groups is 1. The Morgan fingerprint density at radius 3 is 2.45 bits per heavy atom. The van der Waals surface area contributed by atoms with E-state index in [0.29, 0.717) is 24.4 Å². The van der Waals surface area contributed by atoms with Crippen LogP contribution in [-0.2, 0) is 19.1 Å². The number of para-hydroxylation sites is 1. The number of aryl methyl sites for hydroxylation is 2. The second kappa shape index (κ2) is 8.23. The number of nitrogens with one attached hydrogen (secondary N) is 2.